The largest absolute Gasteiger partial charge is 0.474 e. The van der Waals surface area contributed by atoms with Crippen LogP contribution in [0.15, 0.2) is 6.33 Å². The van der Waals surface area contributed by atoms with Crippen molar-refractivity contribution in [3.05, 3.63) is 16.8 Å². The van der Waals surface area contributed by atoms with Crippen LogP contribution in [-0.2, 0) is 11.2 Å². The minimum atomic E-state index is -0.508. The van der Waals surface area contributed by atoms with E-state index in [1.54, 1.807) is 17.7 Å². The van der Waals surface area contributed by atoms with E-state index < -0.39 is 5.60 Å². The molecular formula is C24H35N3O4S. The maximum atomic E-state index is 12.4. The van der Waals surface area contributed by atoms with Crippen molar-refractivity contribution in [3.8, 4) is 5.88 Å². The predicted octanol–water partition coefficient (Wildman–Crippen LogP) is 5.10. The first-order valence-corrected chi connectivity index (χ1v) is 12.6. The summed E-state index contributed by atoms with van der Waals surface area (Å²) >= 11 is 1.73. The Kier molecular flexibility index (Phi) is 6.63. The molecule has 0 unspecified atom stereocenters. The molecule has 1 atom stereocenters. The average Bonchev–Trinajstić information content (AvgIpc) is 3.28. The van der Waals surface area contributed by atoms with Crippen LogP contribution in [0.1, 0.15) is 89.0 Å². The second kappa shape index (κ2) is 9.14. The first-order valence-electron chi connectivity index (χ1n) is 11.8. The number of nitrogens with one attached hydrogen (secondary N) is 1. The van der Waals surface area contributed by atoms with E-state index in [1.165, 1.54) is 10.4 Å². The Bertz CT molecular complexity index is 960. The van der Waals surface area contributed by atoms with Gasteiger partial charge in [0, 0.05) is 17.0 Å². The lowest BCUT2D eigenvalue weighted by Gasteiger charge is -2.40. The fourth-order valence-corrected chi connectivity index (χ4v) is 6.31. The molecule has 2 aliphatic carbocycles. The summed E-state index contributed by atoms with van der Waals surface area (Å²) in [5.41, 5.74) is 0.533. The summed E-state index contributed by atoms with van der Waals surface area (Å²) in [6.45, 7) is 7.94. The molecule has 2 aromatic heterocycles. The molecular weight excluding hydrogens is 426 g/mol. The van der Waals surface area contributed by atoms with Crippen molar-refractivity contribution < 1.29 is 19.4 Å². The number of aliphatic hydroxyl groups is 1. The van der Waals surface area contributed by atoms with Crippen LogP contribution in [0.3, 0.4) is 0 Å². The van der Waals surface area contributed by atoms with E-state index in [1.807, 2.05) is 20.8 Å². The zero-order valence-corrected chi connectivity index (χ0v) is 20.4. The number of aryl methyl sites for hydroxylation is 1. The van der Waals surface area contributed by atoms with E-state index >= 15 is 0 Å². The van der Waals surface area contributed by atoms with Crippen molar-refractivity contribution in [2.75, 3.05) is 6.61 Å². The molecule has 0 spiro atoms. The predicted molar refractivity (Wildman–Crippen MR) is 125 cm³/mol. The second-order valence-electron chi connectivity index (χ2n) is 10.1. The third kappa shape index (κ3) is 4.86. The number of nitrogens with zero attached hydrogens (tertiary/aromatic N) is 2. The first kappa shape index (κ1) is 23.2. The van der Waals surface area contributed by atoms with Crippen LogP contribution in [-0.4, -0.2) is 45.0 Å². The summed E-state index contributed by atoms with van der Waals surface area (Å²) in [7, 11) is 0. The topological polar surface area (TPSA) is 93.6 Å². The summed E-state index contributed by atoms with van der Waals surface area (Å²) in [6.07, 6.45) is 8.43. The lowest BCUT2D eigenvalue weighted by Crippen LogP contribution is -2.52. The van der Waals surface area contributed by atoms with E-state index in [2.05, 4.69) is 22.2 Å². The number of aliphatic hydroxyl groups excluding tert-OH is 1. The van der Waals surface area contributed by atoms with Crippen molar-refractivity contribution in [2.45, 2.75) is 102 Å². The molecule has 2 aliphatic rings. The second-order valence-corrected chi connectivity index (χ2v) is 11.2. The van der Waals surface area contributed by atoms with Gasteiger partial charge in [-0.1, -0.05) is 6.92 Å². The first-order chi connectivity index (χ1) is 15.2. The van der Waals surface area contributed by atoms with Crippen molar-refractivity contribution >= 4 is 27.6 Å². The third-order valence-corrected chi connectivity index (χ3v) is 7.96. The third-order valence-electron chi connectivity index (χ3n) is 6.78. The van der Waals surface area contributed by atoms with Gasteiger partial charge in [0.1, 0.15) is 22.9 Å². The molecule has 7 nitrogen and oxygen atoms in total. The molecule has 0 radical (unpaired) electrons. The zero-order chi connectivity index (χ0) is 22.9. The van der Waals surface area contributed by atoms with Gasteiger partial charge < -0.3 is 19.9 Å². The number of hydrogen-bond acceptors (Lipinski definition) is 7. The maximum Gasteiger partial charge on any atom is 0.408 e. The van der Waals surface area contributed by atoms with Crippen molar-refractivity contribution in [1.82, 2.24) is 15.3 Å². The van der Waals surface area contributed by atoms with Crippen LogP contribution in [0.25, 0.3) is 10.2 Å². The lowest BCUT2D eigenvalue weighted by atomic mass is 9.78. The molecule has 2 N–H and O–H groups in total. The van der Waals surface area contributed by atoms with E-state index in [-0.39, 0.29) is 24.3 Å². The standard InChI is InChI=1S/C24H35N3O4S/c1-5-24(27-22(29)31-23(2,3)4)11-8-16(9-12-24)30-20-19-18-15(10-13-28)6-7-17(18)32-21(19)26-14-25-20/h14-16,28H,5-13H2,1-4H3,(H,27,29)/t15-,16?,24?/m1/s1. The van der Waals surface area contributed by atoms with E-state index in [0.29, 0.717) is 11.8 Å². The van der Waals surface area contributed by atoms with Crippen molar-refractivity contribution in [3.63, 3.8) is 0 Å². The molecule has 0 aliphatic heterocycles. The van der Waals surface area contributed by atoms with Gasteiger partial charge in [-0.25, -0.2) is 14.8 Å². The summed E-state index contributed by atoms with van der Waals surface area (Å²) in [6, 6.07) is 0. The smallest absolute Gasteiger partial charge is 0.408 e. The number of carbonyl (C=O) groups excluding carboxylic acids is 1. The normalized spacial score (nSPS) is 25.5. The van der Waals surface area contributed by atoms with Crippen molar-refractivity contribution in [1.29, 1.82) is 0 Å². The van der Waals surface area contributed by atoms with Crippen LogP contribution >= 0.6 is 11.3 Å². The highest BCUT2D eigenvalue weighted by atomic mass is 32.1. The molecule has 0 saturated heterocycles. The number of hydrogen-bond donors (Lipinski definition) is 2. The highest BCUT2D eigenvalue weighted by Gasteiger charge is 2.38. The monoisotopic (exact) mass is 461 g/mol. The summed E-state index contributed by atoms with van der Waals surface area (Å²) in [5.74, 6) is 1.03. The van der Waals surface area contributed by atoms with E-state index in [4.69, 9.17) is 9.47 Å². The molecule has 1 amide bonds. The quantitative estimate of drug-likeness (QED) is 0.622. The number of alkyl carbamates (subject to hydrolysis) is 1. The fourth-order valence-electron chi connectivity index (χ4n) is 5.08. The number of aromatic nitrogens is 2. The Balaban J connectivity index is 1.46. The Morgan fingerprint density at radius 1 is 1.28 bits per heavy atom. The molecule has 2 aromatic rings. The van der Waals surface area contributed by atoms with Crippen LogP contribution in [0.4, 0.5) is 4.79 Å². The number of ether oxygens (including phenoxy) is 2. The summed E-state index contributed by atoms with van der Waals surface area (Å²) < 4.78 is 11.9. The fraction of sp³-hybridized carbons (Fsp3) is 0.708. The zero-order valence-electron chi connectivity index (χ0n) is 19.6. The van der Waals surface area contributed by atoms with Crippen LogP contribution in [0, 0.1) is 0 Å². The molecule has 32 heavy (non-hydrogen) atoms. The maximum absolute atomic E-state index is 12.4. The molecule has 8 heteroatoms. The van der Waals surface area contributed by atoms with Gasteiger partial charge >= 0.3 is 6.09 Å². The van der Waals surface area contributed by atoms with Gasteiger partial charge in [0.2, 0.25) is 5.88 Å². The van der Waals surface area contributed by atoms with Crippen LogP contribution in [0.2, 0.25) is 0 Å². The molecule has 1 fully saturated rings. The summed E-state index contributed by atoms with van der Waals surface area (Å²) in [4.78, 5) is 23.7. The number of thiophene rings is 1. The van der Waals surface area contributed by atoms with Crippen molar-refractivity contribution in [2.24, 2.45) is 0 Å². The SMILES string of the molecule is CCC1(NC(=O)OC(C)(C)C)CCC(Oc2ncnc3sc4c(c23)[C@@H](CCO)CC4)CC1. The summed E-state index contributed by atoms with van der Waals surface area (Å²) in [5, 5.41) is 13.7. The Morgan fingerprint density at radius 3 is 2.69 bits per heavy atom. The lowest BCUT2D eigenvalue weighted by molar-refractivity contribution is 0.0355. The minimum absolute atomic E-state index is 0.0569. The molecule has 2 heterocycles. The number of carbonyl (C=O) groups is 1. The molecule has 4 rings (SSSR count). The Hall–Kier alpha value is -1.93. The van der Waals surface area contributed by atoms with Crippen LogP contribution < -0.4 is 10.1 Å². The van der Waals surface area contributed by atoms with Gasteiger partial charge in [-0.2, -0.15) is 0 Å². The van der Waals surface area contributed by atoms with Gasteiger partial charge in [0.05, 0.1) is 5.39 Å². The number of rotatable bonds is 6. The van der Waals surface area contributed by atoms with Gasteiger partial charge in [0.25, 0.3) is 0 Å². The van der Waals surface area contributed by atoms with E-state index in [9.17, 15) is 9.90 Å². The highest BCUT2D eigenvalue weighted by molar-refractivity contribution is 7.19. The highest BCUT2D eigenvalue weighted by Crippen LogP contribution is 2.47. The Morgan fingerprint density at radius 2 is 2.03 bits per heavy atom. The van der Waals surface area contributed by atoms with Gasteiger partial charge in [0.15, 0.2) is 0 Å². The van der Waals surface area contributed by atoms with E-state index in [0.717, 1.165) is 61.6 Å². The van der Waals surface area contributed by atoms with Gasteiger partial charge in [-0.15, -0.1) is 11.3 Å². The van der Waals surface area contributed by atoms with Gasteiger partial charge in [-0.3, -0.25) is 0 Å². The number of amides is 1. The molecule has 0 bridgehead atoms. The Labute approximate surface area is 193 Å². The molecule has 1 saturated carbocycles. The van der Waals surface area contributed by atoms with Gasteiger partial charge in [-0.05, 0) is 83.6 Å². The molecule has 176 valence electrons. The average molecular weight is 462 g/mol. The van der Waals surface area contributed by atoms with Crippen LogP contribution in [0.5, 0.6) is 5.88 Å². The molecule has 0 aromatic carbocycles. The minimum Gasteiger partial charge on any atom is -0.474 e. The number of fused-ring (bicyclic) bond motifs is 3.